The van der Waals surface area contributed by atoms with Crippen LogP contribution in [0.25, 0.3) is 5.57 Å². The molecule has 2 aromatic rings. The molecule has 2 nitrogen and oxygen atoms in total. The summed E-state index contributed by atoms with van der Waals surface area (Å²) < 4.78 is 4.23. The highest BCUT2D eigenvalue weighted by Crippen LogP contribution is 2.62. The zero-order valence-electron chi connectivity index (χ0n) is 13.6. The Bertz CT molecular complexity index is 988. The van der Waals surface area contributed by atoms with Crippen LogP contribution in [0.2, 0.25) is 0 Å². The lowest BCUT2D eigenvalue weighted by Crippen LogP contribution is -2.15. The van der Waals surface area contributed by atoms with E-state index in [-0.39, 0.29) is 0 Å². The first-order valence-electron chi connectivity index (χ1n) is 8.13. The van der Waals surface area contributed by atoms with Gasteiger partial charge in [-0.3, -0.25) is 0 Å². The average molecular weight is 409 g/mol. The second-order valence-electron chi connectivity index (χ2n) is 5.79. The van der Waals surface area contributed by atoms with Gasteiger partial charge in [-0.1, -0.05) is 72.1 Å². The number of thioether (sulfide) groups is 4. The van der Waals surface area contributed by atoms with Gasteiger partial charge in [0.05, 0.1) is 18.4 Å². The molecular weight excluding hydrogens is 397 g/mol. The van der Waals surface area contributed by atoms with E-state index in [9.17, 15) is 5.26 Å². The van der Waals surface area contributed by atoms with Crippen LogP contribution < -0.4 is 0 Å². The Hall–Kier alpha value is -1.52. The van der Waals surface area contributed by atoms with Crippen LogP contribution in [-0.2, 0) is 0 Å². The highest BCUT2D eigenvalue weighted by molar-refractivity contribution is 8.41. The summed E-state index contributed by atoms with van der Waals surface area (Å²) in [5.74, 6) is 2.37. The van der Waals surface area contributed by atoms with E-state index in [4.69, 9.17) is 0 Å². The number of aliphatic imine (C=N–C) groups is 1. The summed E-state index contributed by atoms with van der Waals surface area (Å²) in [6, 6.07) is 16.6. The minimum Gasteiger partial charge on any atom is -0.172 e. The van der Waals surface area contributed by atoms with Crippen LogP contribution >= 0.6 is 47.0 Å². The Labute approximate surface area is 169 Å². The van der Waals surface area contributed by atoms with Crippen LogP contribution in [0.5, 0.6) is 0 Å². The molecule has 0 saturated carbocycles. The largest absolute Gasteiger partial charge is 0.206 e. The summed E-state index contributed by atoms with van der Waals surface area (Å²) in [5, 5.41) is 9.22. The standard InChI is InChI=1S/C20H12N2S4/c21-11-22-17-14-7-3-1-5-12(14)16(13-6-2-4-8-15(13)17)18-25-19-20(26-18)24-10-9-23-19/h1-8H,9-10H2. The van der Waals surface area contributed by atoms with Crippen LogP contribution in [0.15, 0.2) is 66.2 Å². The molecule has 0 spiro atoms. The van der Waals surface area contributed by atoms with E-state index in [2.05, 4.69) is 41.4 Å². The lowest BCUT2D eigenvalue weighted by Gasteiger charge is -2.24. The maximum atomic E-state index is 9.22. The first kappa shape index (κ1) is 16.6. The van der Waals surface area contributed by atoms with Crippen molar-refractivity contribution in [2.75, 3.05) is 11.5 Å². The van der Waals surface area contributed by atoms with Crippen molar-refractivity contribution in [2.24, 2.45) is 4.99 Å². The number of nitrogens with zero attached hydrogens (tertiary/aromatic N) is 2. The summed E-state index contributed by atoms with van der Waals surface area (Å²) in [6.07, 6.45) is 1.99. The molecule has 2 heterocycles. The monoisotopic (exact) mass is 408 g/mol. The predicted molar refractivity (Wildman–Crippen MR) is 117 cm³/mol. The number of hydrogen-bond donors (Lipinski definition) is 0. The number of benzene rings is 2. The molecule has 0 aromatic heterocycles. The van der Waals surface area contributed by atoms with Gasteiger partial charge >= 0.3 is 0 Å². The maximum Gasteiger partial charge on any atom is 0.206 e. The molecule has 0 fully saturated rings. The molecule has 3 aliphatic rings. The van der Waals surface area contributed by atoms with E-state index in [1.165, 1.54) is 40.9 Å². The Morgan fingerprint density at radius 3 is 1.73 bits per heavy atom. The zero-order chi connectivity index (χ0) is 17.5. The van der Waals surface area contributed by atoms with Crippen LogP contribution in [0.3, 0.4) is 0 Å². The van der Waals surface area contributed by atoms with Crippen LogP contribution in [-0.4, -0.2) is 17.2 Å². The topological polar surface area (TPSA) is 36.1 Å². The third-order valence-electron chi connectivity index (χ3n) is 4.36. The minimum absolute atomic E-state index is 0.775. The van der Waals surface area contributed by atoms with Gasteiger partial charge in [0.1, 0.15) is 0 Å². The van der Waals surface area contributed by atoms with Gasteiger partial charge < -0.3 is 0 Å². The average Bonchev–Trinajstić information content (AvgIpc) is 3.11. The van der Waals surface area contributed by atoms with E-state index in [1.807, 2.05) is 65.4 Å². The predicted octanol–water partition coefficient (Wildman–Crippen LogP) is 6.12. The van der Waals surface area contributed by atoms with Gasteiger partial charge in [0.2, 0.25) is 6.19 Å². The van der Waals surface area contributed by atoms with Gasteiger partial charge in [-0.25, -0.2) is 0 Å². The molecule has 1 aliphatic carbocycles. The van der Waals surface area contributed by atoms with Crippen molar-refractivity contribution in [3.63, 3.8) is 0 Å². The second kappa shape index (κ2) is 6.90. The quantitative estimate of drug-likeness (QED) is 0.419. The highest BCUT2D eigenvalue weighted by Gasteiger charge is 2.32. The fraction of sp³-hybridized carbons (Fsp3) is 0.100. The van der Waals surface area contributed by atoms with Gasteiger partial charge in [-0.05, 0) is 11.1 Å². The fourth-order valence-electron chi connectivity index (χ4n) is 3.32. The molecule has 0 radical (unpaired) electrons. The molecule has 0 amide bonds. The van der Waals surface area contributed by atoms with Crippen molar-refractivity contribution < 1.29 is 0 Å². The molecule has 26 heavy (non-hydrogen) atoms. The van der Waals surface area contributed by atoms with Gasteiger partial charge in [0.25, 0.3) is 0 Å². The fourth-order valence-corrected chi connectivity index (χ4v) is 9.40. The van der Waals surface area contributed by atoms with Gasteiger partial charge in [-0.15, -0.1) is 23.5 Å². The number of rotatable bonds is 0. The Morgan fingerprint density at radius 1 is 0.731 bits per heavy atom. The smallest absolute Gasteiger partial charge is 0.172 e. The summed E-state index contributed by atoms with van der Waals surface area (Å²) in [5.41, 5.74) is 6.48. The second-order valence-corrected chi connectivity index (χ2v) is 10.8. The van der Waals surface area contributed by atoms with Crippen molar-refractivity contribution in [2.45, 2.75) is 0 Å². The lowest BCUT2D eigenvalue weighted by molar-refractivity contribution is 1.39. The molecular formula is C20H12N2S4. The first-order chi connectivity index (χ1) is 12.9. The number of fused-ring (bicyclic) bond motifs is 2. The molecule has 2 aliphatic heterocycles. The molecule has 126 valence electrons. The third-order valence-corrected chi connectivity index (χ3v) is 10.1. The SMILES string of the molecule is N#CN=C1c2ccccc2C(=C2SC3=C(SCCS3)S2)c2ccccc21. The lowest BCUT2D eigenvalue weighted by atomic mass is 9.81. The maximum absolute atomic E-state index is 9.22. The van der Waals surface area contributed by atoms with Crippen LogP contribution in [0, 0.1) is 11.5 Å². The summed E-state index contributed by atoms with van der Waals surface area (Å²) in [6.45, 7) is 0. The van der Waals surface area contributed by atoms with E-state index in [0.717, 1.165) is 16.8 Å². The van der Waals surface area contributed by atoms with Crippen molar-refractivity contribution >= 4 is 58.3 Å². The molecule has 6 heteroatoms. The Morgan fingerprint density at radius 2 is 1.23 bits per heavy atom. The minimum atomic E-state index is 0.775. The summed E-state index contributed by atoms with van der Waals surface area (Å²) in [7, 11) is 0. The van der Waals surface area contributed by atoms with Crippen LogP contribution in [0.4, 0.5) is 0 Å². The number of hydrogen-bond acceptors (Lipinski definition) is 6. The number of nitriles is 1. The summed E-state index contributed by atoms with van der Waals surface area (Å²) in [4.78, 5) is 4.17. The highest BCUT2D eigenvalue weighted by atomic mass is 32.3. The van der Waals surface area contributed by atoms with E-state index in [1.54, 1.807) is 0 Å². The third kappa shape index (κ3) is 2.66. The van der Waals surface area contributed by atoms with E-state index < -0.39 is 0 Å². The van der Waals surface area contributed by atoms with Crippen molar-refractivity contribution in [1.29, 1.82) is 5.26 Å². The molecule has 0 atom stereocenters. The molecule has 2 aromatic carbocycles. The Kier molecular flexibility index (Phi) is 4.41. The van der Waals surface area contributed by atoms with Gasteiger partial charge in [0.15, 0.2) is 0 Å². The zero-order valence-corrected chi connectivity index (χ0v) is 16.8. The molecule has 5 rings (SSSR count). The molecule has 0 bridgehead atoms. The molecule has 0 N–H and O–H groups in total. The normalized spacial score (nSPS) is 18.2. The van der Waals surface area contributed by atoms with Crippen LogP contribution in [0.1, 0.15) is 22.3 Å². The molecule has 0 saturated heterocycles. The first-order valence-corrected chi connectivity index (χ1v) is 11.7. The van der Waals surface area contributed by atoms with Crippen molar-refractivity contribution in [3.8, 4) is 6.19 Å². The van der Waals surface area contributed by atoms with Crippen molar-refractivity contribution in [1.82, 2.24) is 0 Å². The van der Waals surface area contributed by atoms with Gasteiger partial charge in [0, 0.05) is 28.2 Å². The summed E-state index contributed by atoms with van der Waals surface area (Å²) >= 11 is 7.75. The molecule has 0 unspecified atom stereocenters. The Balaban J connectivity index is 1.76. The van der Waals surface area contributed by atoms with Gasteiger partial charge in [-0.2, -0.15) is 10.3 Å². The van der Waals surface area contributed by atoms with Crippen molar-refractivity contribution in [3.05, 3.63) is 83.5 Å². The van der Waals surface area contributed by atoms with E-state index >= 15 is 0 Å². The van der Waals surface area contributed by atoms with E-state index in [0.29, 0.717) is 0 Å².